The first-order valence-electron chi connectivity index (χ1n) is 10.1. The van der Waals surface area contributed by atoms with Crippen LogP contribution in [-0.4, -0.2) is 11.5 Å². The van der Waals surface area contributed by atoms with E-state index in [1.807, 2.05) is 11.8 Å². The summed E-state index contributed by atoms with van der Waals surface area (Å²) in [5, 5.41) is 2.57. The summed E-state index contributed by atoms with van der Waals surface area (Å²) in [6.07, 6.45) is 12.7. The minimum absolute atomic E-state index is 1.09. The maximum atomic E-state index is 2.46. The topological polar surface area (TPSA) is 7.12 Å². The minimum Gasteiger partial charge on any atom is -0.338 e. The quantitative estimate of drug-likeness (QED) is 0.148. The van der Waals surface area contributed by atoms with Gasteiger partial charge in [0, 0.05) is 30.5 Å². The van der Waals surface area contributed by atoms with Gasteiger partial charge in [0.2, 0.25) is 5.52 Å². The number of hydrogen-bond donors (Lipinski definition) is 0. The van der Waals surface area contributed by atoms with Crippen molar-refractivity contribution in [3.63, 3.8) is 0 Å². The molecule has 3 aromatic rings. The fourth-order valence-electron chi connectivity index (χ4n) is 3.70. The first kappa shape index (κ1) is 20.5. The first-order chi connectivity index (χ1) is 14.3. The van der Waals surface area contributed by atoms with E-state index in [9.17, 15) is 0 Å². The molecule has 0 N–H and O–H groups in total. The van der Waals surface area contributed by atoms with Gasteiger partial charge in [0.15, 0.2) is 6.20 Å². The number of allylic oxidation sites excluding steroid dienone is 2. The molecule has 2 nitrogen and oxygen atoms in total. The standard InChI is InChI=1S/C25H26IN2S/c1-27-23-13-5-6-14-24(23)29-25(27)15-9-10-20-16-19-28(18-8-2-7-17-26)22-12-4-3-11-21(20)22/h3-6,9-16,19H,2,7-8,17-18H2,1H3/q+1. The molecule has 148 valence electrons. The van der Waals surface area contributed by atoms with Crippen molar-refractivity contribution in [2.45, 2.75) is 30.7 Å². The number of rotatable bonds is 7. The van der Waals surface area contributed by atoms with Crippen LogP contribution in [0.15, 0.2) is 82.9 Å². The molecule has 0 amide bonds. The summed E-state index contributed by atoms with van der Waals surface area (Å²) in [6.45, 7) is 1.09. The van der Waals surface area contributed by atoms with Crippen molar-refractivity contribution in [2.75, 3.05) is 16.4 Å². The van der Waals surface area contributed by atoms with Gasteiger partial charge in [-0.15, -0.1) is 0 Å². The fourth-order valence-corrected chi connectivity index (χ4v) is 5.31. The van der Waals surface area contributed by atoms with E-state index in [1.165, 1.54) is 55.8 Å². The highest BCUT2D eigenvalue weighted by Crippen LogP contribution is 2.44. The average molecular weight is 513 g/mol. The van der Waals surface area contributed by atoms with Gasteiger partial charge in [-0.3, -0.25) is 0 Å². The molecular weight excluding hydrogens is 487 g/mol. The molecule has 0 bridgehead atoms. The summed E-state index contributed by atoms with van der Waals surface area (Å²) in [4.78, 5) is 3.58. The van der Waals surface area contributed by atoms with Crippen molar-refractivity contribution >= 4 is 57.0 Å². The SMILES string of the molecule is CN1/C(=C/C=C/c2cc[n+](CCCCCI)c3ccccc23)Sc2ccccc21. The molecule has 2 heterocycles. The first-order valence-corrected chi connectivity index (χ1v) is 12.5. The smallest absolute Gasteiger partial charge is 0.213 e. The Morgan fingerprint density at radius 1 is 1.00 bits per heavy atom. The lowest BCUT2D eigenvalue weighted by Crippen LogP contribution is -2.34. The second-order valence-corrected chi connectivity index (χ2v) is 9.37. The predicted octanol–water partition coefficient (Wildman–Crippen LogP) is 6.83. The molecule has 2 aromatic carbocycles. The van der Waals surface area contributed by atoms with Gasteiger partial charge in [-0.2, -0.15) is 4.57 Å². The van der Waals surface area contributed by atoms with Crippen LogP contribution in [0.2, 0.25) is 0 Å². The zero-order valence-electron chi connectivity index (χ0n) is 16.7. The van der Waals surface area contributed by atoms with Gasteiger partial charge in [0.1, 0.15) is 6.54 Å². The third-order valence-electron chi connectivity index (χ3n) is 5.28. The molecule has 0 unspecified atom stereocenters. The maximum absolute atomic E-state index is 2.46. The van der Waals surface area contributed by atoms with Crippen LogP contribution in [-0.2, 0) is 6.54 Å². The van der Waals surface area contributed by atoms with Crippen molar-refractivity contribution < 1.29 is 4.57 Å². The number of hydrogen-bond acceptors (Lipinski definition) is 2. The van der Waals surface area contributed by atoms with E-state index in [4.69, 9.17) is 0 Å². The number of halogens is 1. The Balaban J connectivity index is 1.54. The number of alkyl halides is 1. The van der Waals surface area contributed by atoms with E-state index in [-0.39, 0.29) is 0 Å². The molecule has 0 aliphatic carbocycles. The number of pyridine rings is 1. The van der Waals surface area contributed by atoms with E-state index in [0.29, 0.717) is 0 Å². The van der Waals surface area contributed by atoms with Gasteiger partial charge in [-0.05, 0) is 47.1 Å². The van der Waals surface area contributed by atoms with Crippen molar-refractivity contribution in [2.24, 2.45) is 0 Å². The number of fused-ring (bicyclic) bond motifs is 2. The van der Waals surface area contributed by atoms with Crippen LogP contribution in [0.5, 0.6) is 0 Å². The van der Waals surface area contributed by atoms with Crippen LogP contribution in [0.25, 0.3) is 17.0 Å². The summed E-state index contributed by atoms with van der Waals surface area (Å²) in [7, 11) is 2.14. The van der Waals surface area contributed by atoms with Crippen LogP contribution < -0.4 is 9.47 Å². The van der Waals surface area contributed by atoms with Crippen LogP contribution in [0.4, 0.5) is 5.69 Å². The number of unbranched alkanes of at least 4 members (excludes halogenated alkanes) is 2. The highest BCUT2D eigenvalue weighted by Gasteiger charge is 2.20. The Hall–Kier alpha value is -1.79. The lowest BCUT2D eigenvalue weighted by Gasteiger charge is -2.12. The Kier molecular flexibility index (Phi) is 6.93. The third kappa shape index (κ3) is 4.69. The molecule has 0 fully saturated rings. The molecule has 1 aliphatic rings. The van der Waals surface area contributed by atoms with Crippen LogP contribution in [0, 0.1) is 0 Å². The molecular formula is C25H26IN2S+. The Morgan fingerprint density at radius 2 is 1.83 bits per heavy atom. The van der Waals surface area contributed by atoms with Gasteiger partial charge < -0.3 is 4.90 Å². The molecule has 1 aliphatic heterocycles. The van der Waals surface area contributed by atoms with E-state index in [2.05, 4.69) is 118 Å². The van der Waals surface area contributed by atoms with E-state index in [0.717, 1.165) is 6.54 Å². The monoisotopic (exact) mass is 513 g/mol. The summed E-state index contributed by atoms with van der Waals surface area (Å²) in [6, 6.07) is 19.6. The van der Waals surface area contributed by atoms with E-state index < -0.39 is 0 Å². The molecule has 0 spiro atoms. The van der Waals surface area contributed by atoms with Crippen molar-refractivity contribution in [3.8, 4) is 0 Å². The zero-order valence-corrected chi connectivity index (χ0v) is 19.7. The summed E-state index contributed by atoms with van der Waals surface area (Å²) in [5.41, 5.74) is 3.87. The van der Waals surface area contributed by atoms with Gasteiger partial charge in [0.25, 0.3) is 0 Å². The second-order valence-electron chi connectivity index (χ2n) is 7.22. The zero-order chi connectivity index (χ0) is 20.1. The number of anilines is 1. The minimum atomic E-state index is 1.09. The van der Waals surface area contributed by atoms with Gasteiger partial charge in [0.05, 0.1) is 16.1 Å². The Labute approximate surface area is 191 Å². The summed E-state index contributed by atoms with van der Waals surface area (Å²) >= 11 is 4.29. The van der Waals surface area contributed by atoms with Crippen LogP contribution in [0.3, 0.4) is 0 Å². The highest BCUT2D eigenvalue weighted by molar-refractivity contribution is 14.1. The number of aryl methyl sites for hydroxylation is 1. The van der Waals surface area contributed by atoms with Crippen molar-refractivity contribution in [1.29, 1.82) is 0 Å². The van der Waals surface area contributed by atoms with Crippen LogP contribution in [0.1, 0.15) is 24.8 Å². The maximum Gasteiger partial charge on any atom is 0.213 e. The molecule has 0 radical (unpaired) electrons. The summed E-state index contributed by atoms with van der Waals surface area (Å²) < 4.78 is 3.65. The van der Waals surface area contributed by atoms with Crippen molar-refractivity contribution in [1.82, 2.24) is 0 Å². The molecule has 0 saturated carbocycles. The highest BCUT2D eigenvalue weighted by atomic mass is 127. The predicted molar refractivity (Wildman–Crippen MR) is 135 cm³/mol. The summed E-state index contributed by atoms with van der Waals surface area (Å²) in [5.74, 6) is 0. The van der Waals surface area contributed by atoms with Gasteiger partial charge >= 0.3 is 0 Å². The number of benzene rings is 2. The second kappa shape index (κ2) is 9.81. The van der Waals surface area contributed by atoms with E-state index in [1.54, 1.807) is 0 Å². The Bertz CT molecular complexity index is 1060. The molecule has 4 heteroatoms. The molecule has 4 rings (SSSR count). The Morgan fingerprint density at radius 3 is 2.69 bits per heavy atom. The fraction of sp³-hybridized carbons (Fsp3) is 0.240. The lowest BCUT2D eigenvalue weighted by atomic mass is 10.1. The molecule has 0 saturated heterocycles. The largest absolute Gasteiger partial charge is 0.338 e. The normalized spacial score (nSPS) is 15.0. The average Bonchev–Trinajstić information content (AvgIpc) is 3.08. The lowest BCUT2D eigenvalue weighted by molar-refractivity contribution is -0.671. The molecule has 1 aromatic heterocycles. The van der Waals surface area contributed by atoms with Crippen molar-refractivity contribution in [3.05, 3.63) is 83.5 Å². The number of para-hydroxylation sites is 2. The van der Waals surface area contributed by atoms with E-state index >= 15 is 0 Å². The van der Waals surface area contributed by atoms with Crippen LogP contribution >= 0.6 is 34.4 Å². The third-order valence-corrected chi connectivity index (χ3v) is 7.22. The molecule has 29 heavy (non-hydrogen) atoms. The number of thioether (sulfide) groups is 1. The van der Waals surface area contributed by atoms with Gasteiger partial charge in [-0.25, -0.2) is 0 Å². The number of nitrogens with zero attached hydrogens (tertiary/aromatic N) is 2. The molecule has 0 atom stereocenters. The number of aromatic nitrogens is 1. The van der Waals surface area contributed by atoms with Gasteiger partial charge in [-0.1, -0.05) is 70.8 Å².